The zero-order valence-electron chi connectivity index (χ0n) is 14.2. The molecule has 1 amide bonds. The molecule has 0 fully saturated rings. The highest BCUT2D eigenvalue weighted by atomic mass is 16.5. The maximum absolute atomic E-state index is 11.9. The standard InChI is InChI=1S/C17H28N2O4/c1-11(2)15(16(21)18-12(3)13(4)20)19-17(22)23-10-14-8-6-5-7-9-14/h5-9,11-13,15-16,18,20-21H,10H2,1-4H3,(H,19,22)/t12-,13+,15+,16+/m0/s1. The first kappa shape index (κ1) is 19.4. The molecular formula is C17H28N2O4. The van der Waals surface area contributed by atoms with Crippen molar-refractivity contribution < 1.29 is 19.7 Å². The number of rotatable bonds is 8. The topological polar surface area (TPSA) is 90.8 Å². The molecule has 130 valence electrons. The van der Waals surface area contributed by atoms with Crippen molar-refractivity contribution in [3.05, 3.63) is 35.9 Å². The van der Waals surface area contributed by atoms with Crippen molar-refractivity contribution in [2.45, 2.75) is 58.7 Å². The van der Waals surface area contributed by atoms with E-state index in [0.717, 1.165) is 5.56 Å². The Kier molecular flexibility index (Phi) is 8.02. The second-order valence-corrected chi connectivity index (χ2v) is 6.12. The van der Waals surface area contributed by atoms with E-state index in [4.69, 9.17) is 4.74 Å². The maximum Gasteiger partial charge on any atom is 0.407 e. The molecule has 6 nitrogen and oxygen atoms in total. The molecule has 6 heteroatoms. The van der Waals surface area contributed by atoms with Crippen LogP contribution in [0.2, 0.25) is 0 Å². The lowest BCUT2D eigenvalue weighted by atomic mass is 10.0. The number of alkyl carbamates (subject to hydrolysis) is 1. The summed E-state index contributed by atoms with van der Waals surface area (Å²) in [5, 5.41) is 25.3. The molecule has 1 rings (SSSR count). The van der Waals surface area contributed by atoms with E-state index in [1.54, 1.807) is 13.8 Å². The van der Waals surface area contributed by atoms with Gasteiger partial charge < -0.3 is 20.3 Å². The van der Waals surface area contributed by atoms with Gasteiger partial charge in [-0.2, -0.15) is 0 Å². The zero-order chi connectivity index (χ0) is 17.4. The van der Waals surface area contributed by atoms with Gasteiger partial charge in [-0.05, 0) is 25.3 Å². The van der Waals surface area contributed by atoms with Crippen molar-refractivity contribution in [3.63, 3.8) is 0 Å². The highest BCUT2D eigenvalue weighted by Gasteiger charge is 2.27. The lowest BCUT2D eigenvalue weighted by molar-refractivity contribution is 0.0369. The van der Waals surface area contributed by atoms with Crippen LogP contribution in [-0.2, 0) is 11.3 Å². The van der Waals surface area contributed by atoms with Gasteiger partial charge >= 0.3 is 6.09 Å². The van der Waals surface area contributed by atoms with E-state index in [1.165, 1.54) is 0 Å². The Hall–Kier alpha value is -1.63. The fourth-order valence-electron chi connectivity index (χ4n) is 2.02. The van der Waals surface area contributed by atoms with Crippen molar-refractivity contribution >= 4 is 6.09 Å². The molecule has 0 aliphatic rings. The second-order valence-electron chi connectivity index (χ2n) is 6.12. The summed E-state index contributed by atoms with van der Waals surface area (Å²) >= 11 is 0. The highest BCUT2D eigenvalue weighted by molar-refractivity contribution is 5.67. The quantitative estimate of drug-likeness (QED) is 0.546. The van der Waals surface area contributed by atoms with Gasteiger partial charge in [0.2, 0.25) is 0 Å². The molecule has 0 saturated heterocycles. The van der Waals surface area contributed by atoms with Crippen LogP contribution in [0.3, 0.4) is 0 Å². The van der Waals surface area contributed by atoms with Gasteiger partial charge in [0.25, 0.3) is 0 Å². The summed E-state index contributed by atoms with van der Waals surface area (Å²) in [6.07, 6.45) is -2.18. The molecule has 4 atom stereocenters. The van der Waals surface area contributed by atoms with E-state index in [9.17, 15) is 15.0 Å². The Bertz CT molecular complexity index is 465. The minimum atomic E-state index is -0.983. The highest BCUT2D eigenvalue weighted by Crippen LogP contribution is 2.08. The predicted octanol–water partition coefficient (Wildman–Crippen LogP) is 1.61. The van der Waals surface area contributed by atoms with E-state index in [1.807, 2.05) is 44.2 Å². The normalized spacial score (nSPS) is 16.5. The number of aliphatic hydroxyl groups is 2. The van der Waals surface area contributed by atoms with Gasteiger partial charge in [-0.3, -0.25) is 5.32 Å². The minimum absolute atomic E-state index is 0.0111. The maximum atomic E-state index is 11.9. The monoisotopic (exact) mass is 324 g/mol. The van der Waals surface area contributed by atoms with Gasteiger partial charge in [0.1, 0.15) is 12.8 Å². The smallest absolute Gasteiger partial charge is 0.407 e. The molecule has 0 heterocycles. The number of carbonyl (C=O) groups excluding carboxylic acids is 1. The van der Waals surface area contributed by atoms with E-state index < -0.39 is 24.5 Å². The largest absolute Gasteiger partial charge is 0.445 e. The molecule has 1 aromatic rings. The lowest BCUT2D eigenvalue weighted by Crippen LogP contribution is -2.56. The number of aliphatic hydroxyl groups excluding tert-OH is 2. The molecule has 0 unspecified atom stereocenters. The fraction of sp³-hybridized carbons (Fsp3) is 0.588. The second kappa shape index (κ2) is 9.50. The molecular weight excluding hydrogens is 296 g/mol. The van der Waals surface area contributed by atoms with E-state index >= 15 is 0 Å². The summed E-state index contributed by atoms with van der Waals surface area (Å²) in [5.41, 5.74) is 0.894. The third-order valence-electron chi connectivity index (χ3n) is 3.71. The SMILES string of the molecule is CC(C)[C@@H](NC(=O)OCc1ccccc1)[C@@H](O)N[C@@H](C)[C@@H](C)O. The first-order valence-electron chi connectivity index (χ1n) is 7.90. The number of hydrogen-bond acceptors (Lipinski definition) is 5. The number of ether oxygens (including phenoxy) is 1. The van der Waals surface area contributed by atoms with Crippen LogP contribution in [0.1, 0.15) is 33.3 Å². The summed E-state index contributed by atoms with van der Waals surface area (Å²) < 4.78 is 5.17. The Labute approximate surface area is 137 Å². The average Bonchev–Trinajstić information content (AvgIpc) is 2.51. The number of hydrogen-bond donors (Lipinski definition) is 4. The van der Waals surface area contributed by atoms with Gasteiger partial charge in [0.05, 0.1) is 12.1 Å². The summed E-state index contributed by atoms with van der Waals surface area (Å²) in [7, 11) is 0. The van der Waals surface area contributed by atoms with Crippen LogP contribution in [-0.4, -0.2) is 40.7 Å². The molecule has 0 spiro atoms. The fourth-order valence-corrected chi connectivity index (χ4v) is 2.02. The first-order chi connectivity index (χ1) is 10.8. The summed E-state index contributed by atoms with van der Waals surface area (Å²) in [5.74, 6) is -0.0111. The van der Waals surface area contributed by atoms with Gasteiger partial charge in [0, 0.05) is 6.04 Å². The number of benzene rings is 1. The van der Waals surface area contributed by atoms with Crippen LogP contribution in [0.4, 0.5) is 4.79 Å². The van der Waals surface area contributed by atoms with Crippen LogP contribution < -0.4 is 10.6 Å². The predicted molar refractivity (Wildman–Crippen MR) is 88.7 cm³/mol. The van der Waals surface area contributed by atoms with Crippen LogP contribution in [0, 0.1) is 5.92 Å². The third-order valence-corrected chi connectivity index (χ3v) is 3.71. The Morgan fingerprint density at radius 2 is 1.74 bits per heavy atom. The van der Waals surface area contributed by atoms with Gasteiger partial charge in [0.15, 0.2) is 0 Å². The minimum Gasteiger partial charge on any atom is -0.445 e. The molecule has 0 radical (unpaired) electrons. The van der Waals surface area contributed by atoms with Crippen LogP contribution in [0.15, 0.2) is 30.3 Å². The first-order valence-corrected chi connectivity index (χ1v) is 7.90. The third kappa shape index (κ3) is 6.99. The molecule has 4 N–H and O–H groups in total. The average molecular weight is 324 g/mol. The van der Waals surface area contributed by atoms with Gasteiger partial charge in [-0.15, -0.1) is 0 Å². The van der Waals surface area contributed by atoms with Crippen molar-refractivity contribution in [1.29, 1.82) is 0 Å². The molecule has 0 saturated carbocycles. The zero-order valence-corrected chi connectivity index (χ0v) is 14.2. The molecule has 0 bridgehead atoms. The van der Waals surface area contributed by atoms with Crippen molar-refractivity contribution in [2.75, 3.05) is 0 Å². The van der Waals surface area contributed by atoms with Gasteiger partial charge in [-0.1, -0.05) is 44.2 Å². The number of carbonyl (C=O) groups is 1. The summed E-state index contributed by atoms with van der Waals surface area (Å²) in [4.78, 5) is 11.9. The van der Waals surface area contributed by atoms with Crippen molar-refractivity contribution in [3.8, 4) is 0 Å². The lowest BCUT2D eigenvalue weighted by Gasteiger charge is -2.30. The van der Waals surface area contributed by atoms with Crippen LogP contribution in [0.25, 0.3) is 0 Å². The molecule has 1 aromatic carbocycles. The summed E-state index contributed by atoms with van der Waals surface area (Å²) in [6, 6.07) is 8.55. The van der Waals surface area contributed by atoms with Crippen molar-refractivity contribution in [1.82, 2.24) is 10.6 Å². The van der Waals surface area contributed by atoms with E-state index in [-0.39, 0.29) is 18.6 Å². The summed E-state index contributed by atoms with van der Waals surface area (Å²) in [6.45, 7) is 7.35. The number of amides is 1. The van der Waals surface area contributed by atoms with Crippen LogP contribution >= 0.6 is 0 Å². The number of nitrogens with one attached hydrogen (secondary N) is 2. The van der Waals surface area contributed by atoms with E-state index in [2.05, 4.69) is 10.6 Å². The Morgan fingerprint density at radius 3 is 2.26 bits per heavy atom. The van der Waals surface area contributed by atoms with Gasteiger partial charge in [-0.25, -0.2) is 4.79 Å². The molecule has 0 aliphatic carbocycles. The molecule has 0 aliphatic heterocycles. The molecule has 23 heavy (non-hydrogen) atoms. The van der Waals surface area contributed by atoms with Crippen LogP contribution in [0.5, 0.6) is 0 Å². The van der Waals surface area contributed by atoms with E-state index in [0.29, 0.717) is 0 Å². The molecule has 0 aromatic heterocycles. The van der Waals surface area contributed by atoms with Crippen molar-refractivity contribution in [2.24, 2.45) is 5.92 Å². The Balaban J connectivity index is 2.52. The Morgan fingerprint density at radius 1 is 1.13 bits per heavy atom.